The minimum absolute atomic E-state index is 0.105. The van der Waals surface area contributed by atoms with Crippen LogP contribution in [0.1, 0.15) is 23.4 Å². The lowest BCUT2D eigenvalue weighted by Gasteiger charge is -2.47. The normalized spacial score (nSPS) is 23.3. The van der Waals surface area contributed by atoms with Gasteiger partial charge in [0.1, 0.15) is 11.9 Å². The number of nitrogens with one attached hydrogen (secondary N) is 1. The van der Waals surface area contributed by atoms with Crippen molar-refractivity contribution >= 4 is 33.2 Å². The van der Waals surface area contributed by atoms with Crippen LogP contribution < -0.4 is 15.1 Å². The highest BCUT2D eigenvalue weighted by Gasteiger charge is 2.49. The second kappa shape index (κ2) is 8.05. The maximum absolute atomic E-state index is 15.0. The predicted octanol–water partition coefficient (Wildman–Crippen LogP) is 2.19. The van der Waals surface area contributed by atoms with E-state index in [0.29, 0.717) is 24.5 Å². The van der Waals surface area contributed by atoms with Gasteiger partial charge in [-0.15, -0.1) is 0 Å². The summed E-state index contributed by atoms with van der Waals surface area (Å²) in [5, 5.41) is 2.65. The third-order valence-electron chi connectivity index (χ3n) is 6.57. The molecule has 0 aliphatic carbocycles. The van der Waals surface area contributed by atoms with Crippen LogP contribution in [0, 0.1) is 11.2 Å². The number of furan rings is 1. The zero-order valence-corrected chi connectivity index (χ0v) is 18.6. The molecule has 1 aromatic carbocycles. The van der Waals surface area contributed by atoms with Gasteiger partial charge in [-0.05, 0) is 43.2 Å². The van der Waals surface area contributed by atoms with E-state index in [2.05, 4.69) is 5.32 Å². The van der Waals surface area contributed by atoms with Gasteiger partial charge < -0.3 is 19.4 Å². The maximum atomic E-state index is 15.0. The molecule has 0 bridgehead atoms. The van der Waals surface area contributed by atoms with Crippen molar-refractivity contribution < 1.29 is 31.6 Å². The smallest absolute Gasteiger partial charge is 0.414 e. The highest BCUT2D eigenvalue weighted by Crippen LogP contribution is 2.43. The molecule has 9 nitrogen and oxygen atoms in total. The molecule has 1 N–H and O–H groups in total. The van der Waals surface area contributed by atoms with E-state index in [1.165, 1.54) is 23.3 Å². The minimum Gasteiger partial charge on any atom is -0.459 e. The number of ether oxygens (including phenoxy) is 1. The molecule has 5 rings (SSSR count). The standard InChI is InChI=1S/C22H24FN3O6S/c23-17-10-15(3-4-18(17)25-7-5-22(6-8-25)13-33(29,30)14-22)26-12-16(32-21(26)28)11-24-20(27)19-2-1-9-31-19/h1-4,9-10,16H,5-8,11-14H2,(H,24,27)/t16-/m0/s1. The van der Waals surface area contributed by atoms with Crippen molar-refractivity contribution in [1.82, 2.24) is 5.32 Å². The van der Waals surface area contributed by atoms with Gasteiger partial charge in [-0.1, -0.05) is 0 Å². The van der Waals surface area contributed by atoms with Crippen molar-refractivity contribution in [3.8, 4) is 0 Å². The first-order chi connectivity index (χ1) is 15.7. The fourth-order valence-electron chi connectivity index (χ4n) is 4.86. The lowest BCUT2D eigenvalue weighted by Crippen LogP contribution is -2.54. The van der Waals surface area contributed by atoms with Crippen LogP contribution in [0.5, 0.6) is 0 Å². The number of amides is 2. The first-order valence-electron chi connectivity index (χ1n) is 10.8. The largest absolute Gasteiger partial charge is 0.459 e. The van der Waals surface area contributed by atoms with E-state index in [0.717, 1.165) is 12.8 Å². The van der Waals surface area contributed by atoms with Gasteiger partial charge in [0.15, 0.2) is 15.6 Å². The zero-order chi connectivity index (χ0) is 23.2. The quantitative estimate of drug-likeness (QED) is 0.703. The maximum Gasteiger partial charge on any atom is 0.414 e. The highest BCUT2D eigenvalue weighted by molar-refractivity contribution is 7.92. The van der Waals surface area contributed by atoms with Crippen LogP contribution in [0.4, 0.5) is 20.6 Å². The number of rotatable bonds is 5. The summed E-state index contributed by atoms with van der Waals surface area (Å²) in [5.41, 5.74) is 0.664. The summed E-state index contributed by atoms with van der Waals surface area (Å²) in [5.74, 6) is -0.235. The SMILES string of the molecule is O=C(NC[C@H]1CN(c2ccc(N3CCC4(CC3)CS(=O)(=O)C4)c(F)c2)C(=O)O1)c1ccco1. The number of halogens is 1. The third-order valence-corrected chi connectivity index (χ3v) is 8.67. The van der Waals surface area contributed by atoms with Crippen LogP contribution >= 0.6 is 0 Å². The molecule has 176 valence electrons. The van der Waals surface area contributed by atoms with Gasteiger partial charge in [0.05, 0.1) is 42.2 Å². The Morgan fingerprint density at radius 2 is 1.97 bits per heavy atom. The molecule has 1 spiro atoms. The summed E-state index contributed by atoms with van der Waals surface area (Å²) < 4.78 is 48.4. The predicted molar refractivity (Wildman–Crippen MR) is 118 cm³/mol. The topological polar surface area (TPSA) is 109 Å². The molecule has 3 aliphatic heterocycles. The zero-order valence-electron chi connectivity index (χ0n) is 17.8. The number of hydrogen-bond acceptors (Lipinski definition) is 7. The van der Waals surface area contributed by atoms with Crippen LogP contribution in [0.3, 0.4) is 0 Å². The number of hydrogen-bond donors (Lipinski definition) is 1. The Labute approximate surface area is 190 Å². The molecule has 0 radical (unpaired) electrons. The van der Waals surface area contributed by atoms with E-state index < -0.39 is 33.8 Å². The van der Waals surface area contributed by atoms with E-state index in [4.69, 9.17) is 9.15 Å². The molecule has 33 heavy (non-hydrogen) atoms. The molecule has 0 saturated carbocycles. The van der Waals surface area contributed by atoms with Gasteiger partial charge in [-0.25, -0.2) is 17.6 Å². The molecule has 0 unspecified atom stereocenters. The lowest BCUT2D eigenvalue weighted by atomic mass is 9.81. The Kier molecular flexibility index (Phi) is 5.31. The number of carbonyl (C=O) groups excluding carboxylic acids is 2. The van der Waals surface area contributed by atoms with Gasteiger partial charge in [0.2, 0.25) is 0 Å². The number of benzene rings is 1. The number of nitrogens with zero attached hydrogens (tertiary/aromatic N) is 2. The second-order valence-corrected chi connectivity index (χ2v) is 11.0. The molecule has 2 amide bonds. The van der Waals surface area contributed by atoms with Crippen molar-refractivity contribution in [2.45, 2.75) is 18.9 Å². The van der Waals surface area contributed by atoms with Gasteiger partial charge in [0, 0.05) is 18.5 Å². The number of piperidine rings is 1. The number of cyclic esters (lactones) is 1. The van der Waals surface area contributed by atoms with Gasteiger partial charge in [-0.3, -0.25) is 9.69 Å². The van der Waals surface area contributed by atoms with Gasteiger partial charge in [-0.2, -0.15) is 0 Å². The molecule has 1 atom stereocenters. The first kappa shape index (κ1) is 21.7. The van der Waals surface area contributed by atoms with Crippen LogP contribution in [-0.4, -0.2) is 64.2 Å². The van der Waals surface area contributed by atoms with E-state index >= 15 is 0 Å². The van der Waals surface area contributed by atoms with Crippen LogP contribution in [-0.2, 0) is 14.6 Å². The molecule has 2 aromatic rings. The van der Waals surface area contributed by atoms with Crippen molar-refractivity contribution in [2.24, 2.45) is 5.41 Å². The Morgan fingerprint density at radius 1 is 1.21 bits per heavy atom. The Morgan fingerprint density at radius 3 is 2.61 bits per heavy atom. The minimum atomic E-state index is -2.89. The summed E-state index contributed by atoms with van der Waals surface area (Å²) in [6.45, 7) is 1.47. The van der Waals surface area contributed by atoms with E-state index in [-0.39, 0.29) is 35.8 Å². The van der Waals surface area contributed by atoms with E-state index in [1.54, 1.807) is 18.2 Å². The number of carbonyl (C=O) groups is 2. The molecule has 3 aliphatic rings. The molecular weight excluding hydrogens is 453 g/mol. The number of sulfone groups is 1. The molecule has 1 aromatic heterocycles. The van der Waals surface area contributed by atoms with Crippen LogP contribution in [0.25, 0.3) is 0 Å². The lowest BCUT2D eigenvalue weighted by molar-refractivity contribution is 0.0889. The van der Waals surface area contributed by atoms with Crippen molar-refractivity contribution in [1.29, 1.82) is 0 Å². The Balaban J connectivity index is 1.19. The fraction of sp³-hybridized carbons (Fsp3) is 0.455. The average Bonchev–Trinajstić information content (AvgIpc) is 3.41. The molecule has 4 heterocycles. The summed E-state index contributed by atoms with van der Waals surface area (Å²) in [6, 6.07) is 7.74. The highest BCUT2D eigenvalue weighted by atomic mass is 32.2. The monoisotopic (exact) mass is 477 g/mol. The average molecular weight is 478 g/mol. The summed E-state index contributed by atoms with van der Waals surface area (Å²) >= 11 is 0. The Bertz CT molecular complexity index is 1160. The van der Waals surface area contributed by atoms with E-state index in [9.17, 15) is 22.4 Å². The van der Waals surface area contributed by atoms with Crippen LogP contribution in [0.15, 0.2) is 41.0 Å². The molecule has 3 fully saturated rings. The summed E-state index contributed by atoms with van der Waals surface area (Å²) in [4.78, 5) is 27.5. The Hall–Kier alpha value is -3.08. The second-order valence-electron chi connectivity index (χ2n) is 8.96. The molecule has 11 heteroatoms. The van der Waals surface area contributed by atoms with Crippen molar-refractivity contribution in [3.05, 3.63) is 48.2 Å². The van der Waals surface area contributed by atoms with Gasteiger partial charge in [0.25, 0.3) is 5.91 Å². The van der Waals surface area contributed by atoms with Crippen molar-refractivity contribution in [2.75, 3.05) is 47.5 Å². The summed E-state index contributed by atoms with van der Waals surface area (Å²) in [6.07, 6.45) is 1.65. The fourth-order valence-corrected chi connectivity index (χ4v) is 7.22. The van der Waals surface area contributed by atoms with Crippen LogP contribution in [0.2, 0.25) is 0 Å². The van der Waals surface area contributed by atoms with Crippen molar-refractivity contribution in [3.63, 3.8) is 0 Å². The van der Waals surface area contributed by atoms with E-state index in [1.807, 2.05) is 4.90 Å². The molecule has 3 saturated heterocycles. The molecular formula is C22H24FN3O6S. The third kappa shape index (κ3) is 4.29. The number of anilines is 2. The first-order valence-corrected chi connectivity index (χ1v) is 12.6. The summed E-state index contributed by atoms with van der Waals surface area (Å²) in [7, 11) is -2.89. The van der Waals surface area contributed by atoms with Gasteiger partial charge >= 0.3 is 6.09 Å².